The summed E-state index contributed by atoms with van der Waals surface area (Å²) >= 11 is 3.30. The molecule has 0 bridgehead atoms. The van der Waals surface area contributed by atoms with E-state index in [-0.39, 0.29) is 5.75 Å². The van der Waals surface area contributed by atoms with E-state index in [4.69, 9.17) is 23.7 Å². The maximum absolute atomic E-state index is 9.90. The summed E-state index contributed by atoms with van der Waals surface area (Å²) in [5.74, 6) is 1.66. The Kier molecular flexibility index (Phi) is 7.53. The molecule has 0 amide bonds. The van der Waals surface area contributed by atoms with Crippen molar-refractivity contribution in [3.8, 4) is 23.0 Å². The van der Waals surface area contributed by atoms with E-state index < -0.39 is 0 Å². The van der Waals surface area contributed by atoms with Crippen LogP contribution in [-0.2, 0) is 9.47 Å². The van der Waals surface area contributed by atoms with E-state index in [1.807, 2.05) is 18.2 Å². The van der Waals surface area contributed by atoms with Gasteiger partial charge in [0.25, 0.3) is 0 Å². The molecule has 0 unspecified atom stereocenters. The monoisotopic (exact) mass is 451 g/mol. The van der Waals surface area contributed by atoms with Gasteiger partial charge in [0.2, 0.25) is 0 Å². The predicted octanol–water partition coefficient (Wildman–Crippen LogP) is 3.72. The molecule has 0 spiro atoms. The number of fused-ring (bicyclic) bond motifs is 1. The van der Waals surface area contributed by atoms with Crippen molar-refractivity contribution in [2.75, 3.05) is 46.8 Å². The second-order valence-corrected chi connectivity index (χ2v) is 6.72. The molecule has 150 valence electrons. The molecule has 0 fully saturated rings. The van der Waals surface area contributed by atoms with Crippen LogP contribution in [0.4, 0.5) is 5.69 Å². The van der Waals surface area contributed by atoms with Crippen LogP contribution in [0.2, 0.25) is 0 Å². The predicted molar refractivity (Wildman–Crippen MR) is 109 cm³/mol. The first-order valence-corrected chi connectivity index (χ1v) is 9.62. The molecule has 2 aromatic carbocycles. The van der Waals surface area contributed by atoms with Gasteiger partial charge in [0, 0.05) is 12.3 Å². The number of hydrogen-bond donors (Lipinski definition) is 1. The fourth-order valence-electron chi connectivity index (χ4n) is 2.53. The molecule has 1 heterocycles. The highest BCUT2D eigenvalue weighted by atomic mass is 79.9. The van der Waals surface area contributed by atoms with Gasteiger partial charge in [-0.2, -0.15) is 0 Å². The molecular formula is C20H22BrNO6. The van der Waals surface area contributed by atoms with Gasteiger partial charge in [0.05, 0.1) is 43.7 Å². The average Bonchev–Trinajstić information content (AvgIpc) is 2.69. The van der Waals surface area contributed by atoms with Crippen LogP contribution in [0.3, 0.4) is 0 Å². The number of phenols is 1. The minimum absolute atomic E-state index is 0.0520. The number of phenolic OH excluding ortho intramolecular Hbond substituents is 1. The molecule has 0 aromatic heterocycles. The highest BCUT2D eigenvalue weighted by Gasteiger charge is 2.09. The van der Waals surface area contributed by atoms with Crippen LogP contribution in [0.5, 0.6) is 23.0 Å². The first-order valence-electron chi connectivity index (χ1n) is 8.83. The SMILES string of the molecule is COc1cc(C=Nc2ccc3c(c2)OCCOCCOCCO3)cc(Br)c1O. The number of aliphatic imine (C=N–C) groups is 1. The Morgan fingerprint density at radius 2 is 1.64 bits per heavy atom. The van der Waals surface area contributed by atoms with Crippen molar-refractivity contribution in [2.45, 2.75) is 0 Å². The van der Waals surface area contributed by atoms with Gasteiger partial charge in [0.1, 0.15) is 13.2 Å². The van der Waals surface area contributed by atoms with Gasteiger partial charge in [0.15, 0.2) is 23.0 Å². The van der Waals surface area contributed by atoms with Crippen molar-refractivity contribution in [1.29, 1.82) is 0 Å². The first kappa shape index (κ1) is 20.4. The topological polar surface area (TPSA) is 78.7 Å². The van der Waals surface area contributed by atoms with E-state index in [9.17, 15) is 5.11 Å². The molecule has 2 aromatic rings. The number of methoxy groups -OCH3 is 1. The van der Waals surface area contributed by atoms with Crippen LogP contribution in [0.1, 0.15) is 5.56 Å². The van der Waals surface area contributed by atoms with Crippen molar-refractivity contribution in [3.05, 3.63) is 40.4 Å². The minimum atomic E-state index is 0.0520. The van der Waals surface area contributed by atoms with Crippen molar-refractivity contribution < 1.29 is 28.8 Å². The Hall–Kier alpha value is -2.29. The van der Waals surface area contributed by atoms with E-state index in [0.717, 1.165) is 5.56 Å². The maximum Gasteiger partial charge on any atom is 0.172 e. The quantitative estimate of drug-likeness (QED) is 0.716. The molecule has 0 aliphatic carbocycles. The Morgan fingerprint density at radius 3 is 2.36 bits per heavy atom. The van der Waals surface area contributed by atoms with Crippen molar-refractivity contribution >= 4 is 27.8 Å². The Balaban J connectivity index is 1.78. The Labute approximate surface area is 172 Å². The maximum atomic E-state index is 9.90. The molecule has 3 rings (SSSR count). The third kappa shape index (κ3) is 5.60. The first-order chi connectivity index (χ1) is 13.7. The molecule has 1 N–H and O–H groups in total. The molecule has 0 saturated heterocycles. The van der Waals surface area contributed by atoms with Crippen LogP contribution in [-0.4, -0.2) is 58.1 Å². The lowest BCUT2D eigenvalue weighted by Crippen LogP contribution is -2.15. The molecule has 0 atom stereocenters. The van der Waals surface area contributed by atoms with Crippen molar-refractivity contribution in [1.82, 2.24) is 0 Å². The van der Waals surface area contributed by atoms with Crippen molar-refractivity contribution in [3.63, 3.8) is 0 Å². The molecule has 0 saturated carbocycles. The zero-order valence-corrected chi connectivity index (χ0v) is 17.1. The third-order valence-electron chi connectivity index (χ3n) is 3.90. The number of halogens is 1. The Bertz CT molecular complexity index is 827. The van der Waals surface area contributed by atoms with E-state index in [1.165, 1.54) is 7.11 Å². The molecule has 1 aliphatic rings. The van der Waals surface area contributed by atoms with Crippen LogP contribution in [0.15, 0.2) is 39.8 Å². The second-order valence-electron chi connectivity index (χ2n) is 5.86. The zero-order chi connectivity index (χ0) is 19.8. The molecule has 1 aliphatic heterocycles. The van der Waals surface area contributed by atoms with Gasteiger partial charge in [-0.05, 0) is 45.8 Å². The van der Waals surface area contributed by atoms with Gasteiger partial charge < -0.3 is 28.8 Å². The molecular weight excluding hydrogens is 430 g/mol. The molecule has 28 heavy (non-hydrogen) atoms. The Morgan fingerprint density at radius 1 is 0.964 bits per heavy atom. The van der Waals surface area contributed by atoms with E-state index in [0.29, 0.717) is 67.0 Å². The zero-order valence-electron chi connectivity index (χ0n) is 15.5. The van der Waals surface area contributed by atoms with Gasteiger partial charge in [-0.1, -0.05) is 0 Å². The van der Waals surface area contributed by atoms with Gasteiger partial charge in [-0.15, -0.1) is 0 Å². The number of ether oxygens (including phenoxy) is 5. The summed E-state index contributed by atoms with van der Waals surface area (Å²) in [4.78, 5) is 4.49. The van der Waals surface area contributed by atoms with Gasteiger partial charge in [-0.3, -0.25) is 4.99 Å². The summed E-state index contributed by atoms with van der Waals surface area (Å²) in [6.45, 7) is 2.87. The number of aromatic hydroxyl groups is 1. The van der Waals surface area contributed by atoms with E-state index >= 15 is 0 Å². The summed E-state index contributed by atoms with van der Waals surface area (Å²) in [5, 5.41) is 9.90. The molecule has 0 radical (unpaired) electrons. The van der Waals surface area contributed by atoms with Crippen LogP contribution in [0.25, 0.3) is 0 Å². The minimum Gasteiger partial charge on any atom is -0.503 e. The normalized spacial score (nSPS) is 15.6. The standard InChI is InChI=1S/C20H22BrNO6/c1-24-19-11-14(10-16(21)20(19)23)13-22-15-2-3-17-18(12-15)28-9-7-26-5-4-25-6-8-27-17/h2-3,10-13,23H,4-9H2,1H3. The highest BCUT2D eigenvalue weighted by molar-refractivity contribution is 9.10. The molecule has 8 heteroatoms. The van der Waals surface area contributed by atoms with Crippen LogP contribution >= 0.6 is 15.9 Å². The lowest BCUT2D eigenvalue weighted by molar-refractivity contribution is 0.0223. The van der Waals surface area contributed by atoms with E-state index in [2.05, 4.69) is 20.9 Å². The number of rotatable bonds is 3. The fourth-order valence-corrected chi connectivity index (χ4v) is 2.98. The fraction of sp³-hybridized carbons (Fsp3) is 0.350. The summed E-state index contributed by atoms with van der Waals surface area (Å²) in [5.41, 5.74) is 1.48. The summed E-state index contributed by atoms with van der Waals surface area (Å²) in [6, 6.07) is 8.93. The smallest absolute Gasteiger partial charge is 0.172 e. The number of nitrogens with zero attached hydrogens (tertiary/aromatic N) is 1. The lowest BCUT2D eigenvalue weighted by Gasteiger charge is -2.15. The van der Waals surface area contributed by atoms with Crippen LogP contribution < -0.4 is 14.2 Å². The van der Waals surface area contributed by atoms with Crippen molar-refractivity contribution in [2.24, 2.45) is 4.99 Å². The summed E-state index contributed by atoms with van der Waals surface area (Å²) in [6.07, 6.45) is 1.68. The summed E-state index contributed by atoms with van der Waals surface area (Å²) < 4.78 is 28.1. The summed E-state index contributed by atoms with van der Waals surface area (Å²) in [7, 11) is 1.50. The molecule has 7 nitrogen and oxygen atoms in total. The third-order valence-corrected chi connectivity index (χ3v) is 4.51. The number of hydrogen-bond acceptors (Lipinski definition) is 7. The van der Waals surface area contributed by atoms with Gasteiger partial charge >= 0.3 is 0 Å². The lowest BCUT2D eigenvalue weighted by atomic mass is 10.2. The van der Waals surface area contributed by atoms with Gasteiger partial charge in [-0.25, -0.2) is 0 Å². The second kappa shape index (κ2) is 10.3. The average molecular weight is 452 g/mol. The van der Waals surface area contributed by atoms with Crippen LogP contribution in [0, 0.1) is 0 Å². The number of benzene rings is 2. The largest absolute Gasteiger partial charge is 0.503 e. The van der Waals surface area contributed by atoms with E-state index in [1.54, 1.807) is 18.3 Å². The highest BCUT2D eigenvalue weighted by Crippen LogP contribution is 2.35.